The van der Waals surface area contributed by atoms with Crippen LogP contribution in [-0.2, 0) is 0 Å². The van der Waals surface area contributed by atoms with Crippen LogP contribution >= 0.6 is 0 Å². The zero-order valence-electron chi connectivity index (χ0n) is 11.6. The van der Waals surface area contributed by atoms with E-state index in [1.807, 2.05) is 0 Å². The first kappa shape index (κ1) is 14.3. The molecule has 1 aliphatic carbocycles. The molecule has 0 radical (unpaired) electrons. The topological polar surface area (TPSA) is 101 Å². The molecule has 0 saturated heterocycles. The molecule has 1 amide bonds. The minimum atomic E-state index is -0.589. The molecule has 2 rings (SSSR count). The maximum Gasteiger partial charge on any atom is 0.254 e. The first-order chi connectivity index (χ1) is 9.65. The van der Waals surface area contributed by atoms with Gasteiger partial charge in [0.05, 0.1) is 0 Å². The lowest BCUT2D eigenvalue weighted by atomic mass is 9.98. The second kappa shape index (κ2) is 6.36. The highest BCUT2D eigenvalue weighted by Crippen LogP contribution is 2.27. The predicted octanol–water partition coefficient (Wildman–Crippen LogP) is 1.93. The van der Waals surface area contributed by atoms with Gasteiger partial charge < -0.3 is 21.2 Å². The summed E-state index contributed by atoms with van der Waals surface area (Å²) < 4.78 is 5.86. The van der Waals surface area contributed by atoms with Crippen LogP contribution in [0.4, 0.5) is 5.82 Å². The fourth-order valence-corrected chi connectivity index (χ4v) is 2.43. The molecule has 6 heteroatoms. The van der Waals surface area contributed by atoms with Crippen molar-refractivity contribution in [1.29, 1.82) is 5.41 Å². The third-order valence-electron chi connectivity index (χ3n) is 3.51. The molecule has 4 N–H and O–H groups in total. The third-order valence-corrected chi connectivity index (χ3v) is 3.51. The van der Waals surface area contributed by atoms with Crippen molar-refractivity contribution in [3.63, 3.8) is 0 Å². The Morgan fingerprint density at radius 1 is 1.50 bits per heavy atom. The standard InChI is InChI=1S/C14H20N4O2/c1-17-13-9(8-15)7-11(12(16)19)14(18-13)20-10-5-3-2-4-6-10/h7-8,10,15H,2-6H2,1H3,(H2,16,19)(H,17,18). The van der Waals surface area contributed by atoms with E-state index >= 15 is 0 Å². The first-order valence-electron chi connectivity index (χ1n) is 6.85. The minimum absolute atomic E-state index is 0.0879. The summed E-state index contributed by atoms with van der Waals surface area (Å²) in [6.07, 6.45) is 6.66. The van der Waals surface area contributed by atoms with Crippen LogP contribution in [0.3, 0.4) is 0 Å². The molecule has 1 saturated carbocycles. The summed E-state index contributed by atoms with van der Waals surface area (Å²) in [6, 6.07) is 1.55. The highest BCUT2D eigenvalue weighted by molar-refractivity contribution is 5.98. The highest BCUT2D eigenvalue weighted by Gasteiger charge is 2.21. The average molecular weight is 276 g/mol. The van der Waals surface area contributed by atoms with E-state index in [1.165, 1.54) is 6.42 Å². The van der Waals surface area contributed by atoms with Gasteiger partial charge in [-0.05, 0) is 31.7 Å². The van der Waals surface area contributed by atoms with E-state index in [0.29, 0.717) is 11.4 Å². The SMILES string of the molecule is CNc1nc(OC2CCCCC2)c(C(N)=O)cc1C=N. The number of anilines is 1. The van der Waals surface area contributed by atoms with Crippen LogP contribution in [0.25, 0.3) is 0 Å². The van der Waals surface area contributed by atoms with Gasteiger partial charge >= 0.3 is 0 Å². The van der Waals surface area contributed by atoms with Crippen LogP contribution in [-0.4, -0.2) is 30.3 Å². The molecule has 20 heavy (non-hydrogen) atoms. The molecule has 6 nitrogen and oxygen atoms in total. The molecule has 0 spiro atoms. The number of hydrogen-bond acceptors (Lipinski definition) is 5. The van der Waals surface area contributed by atoms with Crippen molar-refractivity contribution in [2.24, 2.45) is 5.73 Å². The molecule has 1 fully saturated rings. The lowest BCUT2D eigenvalue weighted by Gasteiger charge is -2.23. The number of ether oxygens (including phenoxy) is 1. The number of aromatic nitrogens is 1. The Morgan fingerprint density at radius 2 is 2.20 bits per heavy atom. The number of amides is 1. The predicted molar refractivity (Wildman–Crippen MR) is 77.7 cm³/mol. The van der Waals surface area contributed by atoms with Crippen LogP contribution in [0.5, 0.6) is 5.88 Å². The van der Waals surface area contributed by atoms with Gasteiger partial charge in [0.2, 0.25) is 5.88 Å². The van der Waals surface area contributed by atoms with Gasteiger partial charge in [0.1, 0.15) is 17.5 Å². The summed E-state index contributed by atoms with van der Waals surface area (Å²) in [5, 5.41) is 10.2. The maximum absolute atomic E-state index is 11.5. The summed E-state index contributed by atoms with van der Waals surface area (Å²) in [5.74, 6) is 0.184. The number of nitrogens with two attached hydrogens (primary N) is 1. The van der Waals surface area contributed by atoms with E-state index in [-0.39, 0.29) is 17.5 Å². The summed E-state index contributed by atoms with van der Waals surface area (Å²) in [5.41, 5.74) is 6.12. The monoisotopic (exact) mass is 276 g/mol. The average Bonchev–Trinajstić information content (AvgIpc) is 2.47. The lowest BCUT2D eigenvalue weighted by molar-refractivity contribution is 0.0985. The normalized spacial score (nSPS) is 15.7. The van der Waals surface area contributed by atoms with Gasteiger partial charge in [-0.25, -0.2) is 0 Å². The molecule has 0 bridgehead atoms. The Labute approximate surface area is 118 Å². The van der Waals surface area contributed by atoms with E-state index in [1.54, 1.807) is 13.1 Å². The van der Waals surface area contributed by atoms with Gasteiger partial charge in [0.15, 0.2) is 0 Å². The Bertz CT molecular complexity index is 510. The highest BCUT2D eigenvalue weighted by atomic mass is 16.5. The molecule has 108 valence electrons. The third kappa shape index (κ3) is 3.07. The Hall–Kier alpha value is -2.11. The Balaban J connectivity index is 2.33. The van der Waals surface area contributed by atoms with Crippen molar-refractivity contribution in [3.05, 3.63) is 17.2 Å². The van der Waals surface area contributed by atoms with Crippen molar-refractivity contribution in [1.82, 2.24) is 4.98 Å². The summed E-state index contributed by atoms with van der Waals surface area (Å²) in [4.78, 5) is 15.8. The lowest BCUT2D eigenvalue weighted by Crippen LogP contribution is -2.23. The van der Waals surface area contributed by atoms with Gasteiger partial charge in [0.25, 0.3) is 5.91 Å². The van der Waals surface area contributed by atoms with Crippen LogP contribution < -0.4 is 15.8 Å². The largest absolute Gasteiger partial charge is 0.474 e. The number of primary amides is 1. The Kier molecular flexibility index (Phi) is 4.55. The molecule has 0 unspecified atom stereocenters. The van der Waals surface area contributed by atoms with Crippen LogP contribution in [0.2, 0.25) is 0 Å². The summed E-state index contributed by atoms with van der Waals surface area (Å²) >= 11 is 0. The van der Waals surface area contributed by atoms with Crippen molar-refractivity contribution in [2.45, 2.75) is 38.2 Å². The van der Waals surface area contributed by atoms with Crippen LogP contribution in [0.15, 0.2) is 6.07 Å². The number of rotatable bonds is 5. The zero-order chi connectivity index (χ0) is 14.5. The molecular formula is C14H20N4O2. The molecule has 0 atom stereocenters. The van der Waals surface area contributed by atoms with Gasteiger partial charge in [-0.1, -0.05) is 6.42 Å². The smallest absolute Gasteiger partial charge is 0.254 e. The van der Waals surface area contributed by atoms with E-state index in [9.17, 15) is 4.79 Å². The molecule has 0 aliphatic heterocycles. The summed E-state index contributed by atoms with van der Waals surface area (Å²) in [7, 11) is 1.71. The molecule has 1 aromatic heterocycles. The zero-order valence-corrected chi connectivity index (χ0v) is 11.6. The van der Waals surface area contributed by atoms with Crippen molar-refractivity contribution >= 4 is 17.9 Å². The quantitative estimate of drug-likeness (QED) is 0.715. The summed E-state index contributed by atoms with van der Waals surface area (Å²) in [6.45, 7) is 0. The number of hydrogen-bond donors (Lipinski definition) is 3. The second-order valence-electron chi connectivity index (χ2n) is 4.92. The van der Waals surface area contributed by atoms with Gasteiger partial charge in [-0.15, -0.1) is 0 Å². The molecule has 1 aromatic rings. The van der Waals surface area contributed by atoms with E-state index in [4.69, 9.17) is 15.9 Å². The van der Waals surface area contributed by atoms with Gasteiger partial charge in [-0.2, -0.15) is 4.98 Å². The number of carbonyl (C=O) groups excluding carboxylic acids is 1. The maximum atomic E-state index is 11.5. The van der Waals surface area contributed by atoms with E-state index in [0.717, 1.165) is 31.9 Å². The fourth-order valence-electron chi connectivity index (χ4n) is 2.43. The second-order valence-corrected chi connectivity index (χ2v) is 4.92. The van der Waals surface area contributed by atoms with Gasteiger partial charge in [0, 0.05) is 18.8 Å². The first-order valence-corrected chi connectivity index (χ1v) is 6.85. The number of carbonyl (C=O) groups is 1. The molecule has 0 aromatic carbocycles. The van der Waals surface area contributed by atoms with Gasteiger partial charge in [-0.3, -0.25) is 4.79 Å². The molecule has 1 aliphatic rings. The Morgan fingerprint density at radius 3 is 2.75 bits per heavy atom. The minimum Gasteiger partial charge on any atom is -0.474 e. The van der Waals surface area contributed by atoms with E-state index in [2.05, 4.69) is 10.3 Å². The number of pyridine rings is 1. The number of nitrogens with zero attached hydrogens (tertiary/aromatic N) is 1. The molecule has 1 heterocycles. The number of nitrogens with one attached hydrogen (secondary N) is 2. The van der Waals surface area contributed by atoms with Crippen LogP contribution in [0, 0.1) is 5.41 Å². The molecular weight excluding hydrogens is 256 g/mol. The van der Waals surface area contributed by atoms with Crippen molar-refractivity contribution in [2.75, 3.05) is 12.4 Å². The van der Waals surface area contributed by atoms with Crippen LogP contribution in [0.1, 0.15) is 48.0 Å². The van der Waals surface area contributed by atoms with Crippen molar-refractivity contribution < 1.29 is 9.53 Å². The van der Waals surface area contributed by atoms with Crippen molar-refractivity contribution in [3.8, 4) is 5.88 Å². The fraction of sp³-hybridized carbons (Fsp3) is 0.500. The van der Waals surface area contributed by atoms with E-state index < -0.39 is 5.91 Å².